The Morgan fingerprint density at radius 2 is 1.90 bits per heavy atom. The minimum absolute atomic E-state index is 0.0653. The van der Waals surface area contributed by atoms with Crippen molar-refractivity contribution < 1.29 is 14.4 Å². The fourth-order valence-electron chi connectivity index (χ4n) is 6.32. The van der Waals surface area contributed by atoms with Gasteiger partial charge in [-0.2, -0.15) is 0 Å². The molecule has 0 bridgehead atoms. The van der Waals surface area contributed by atoms with E-state index in [0.717, 1.165) is 34.6 Å². The third-order valence-corrected chi connectivity index (χ3v) is 9.24. The van der Waals surface area contributed by atoms with Gasteiger partial charge in [0.2, 0.25) is 11.8 Å². The highest BCUT2D eigenvalue weighted by Crippen LogP contribution is 2.36. The number of anilines is 1. The number of nitrogens with zero attached hydrogens (tertiary/aromatic N) is 4. The Hall–Kier alpha value is -3.37. The van der Waals surface area contributed by atoms with Crippen LogP contribution < -0.4 is 10.6 Å². The minimum atomic E-state index is -0.539. The van der Waals surface area contributed by atoms with Gasteiger partial charge in [-0.15, -0.1) is 16.4 Å². The standard InChI is InChI=1S/C29H34N6O3S/c36-27-12-11-26(29(38)31-27)35-17-24(32-33-35)21-14-23(39-18-21)15-28(37)30-22-9-7-19(8-10-22)16-34-13-3-5-20-4-1-2-6-25(20)34/h7-10,14,17-18,20,25-26H,1-6,11-13,15-16H2,(H,30,37)(H,31,36,38)/t20-,25+,26?/m0/s1. The Labute approximate surface area is 232 Å². The van der Waals surface area contributed by atoms with Gasteiger partial charge in [-0.3, -0.25) is 24.6 Å². The molecular formula is C29H34N6O3S. The van der Waals surface area contributed by atoms with Gasteiger partial charge in [0.25, 0.3) is 5.91 Å². The van der Waals surface area contributed by atoms with E-state index < -0.39 is 6.04 Å². The molecule has 6 rings (SSSR count). The first kappa shape index (κ1) is 25.9. The number of fused-ring (bicyclic) bond motifs is 1. The van der Waals surface area contributed by atoms with Crippen molar-refractivity contribution in [2.75, 3.05) is 11.9 Å². The van der Waals surface area contributed by atoms with Crippen LogP contribution in [-0.4, -0.2) is 50.2 Å². The highest BCUT2D eigenvalue weighted by atomic mass is 32.1. The zero-order valence-electron chi connectivity index (χ0n) is 22.0. The van der Waals surface area contributed by atoms with E-state index in [9.17, 15) is 14.4 Å². The van der Waals surface area contributed by atoms with E-state index in [4.69, 9.17) is 0 Å². The van der Waals surface area contributed by atoms with Crippen LogP contribution in [0.15, 0.2) is 41.9 Å². The molecule has 3 amide bonds. The van der Waals surface area contributed by atoms with E-state index >= 15 is 0 Å². The number of carbonyl (C=O) groups excluding carboxylic acids is 3. The molecule has 3 fully saturated rings. The van der Waals surface area contributed by atoms with Gasteiger partial charge < -0.3 is 5.32 Å². The van der Waals surface area contributed by atoms with Gasteiger partial charge in [0.1, 0.15) is 11.7 Å². The molecule has 3 aliphatic rings. The zero-order chi connectivity index (χ0) is 26.8. The third kappa shape index (κ3) is 5.96. The number of hydrogen-bond acceptors (Lipinski definition) is 7. The van der Waals surface area contributed by atoms with Gasteiger partial charge in [0.15, 0.2) is 0 Å². The zero-order valence-corrected chi connectivity index (χ0v) is 22.8. The van der Waals surface area contributed by atoms with Crippen LogP contribution in [0.25, 0.3) is 11.3 Å². The largest absolute Gasteiger partial charge is 0.326 e. The summed E-state index contributed by atoms with van der Waals surface area (Å²) in [7, 11) is 0. The normalized spacial score (nSPS) is 23.7. The van der Waals surface area contributed by atoms with Crippen molar-refractivity contribution in [3.8, 4) is 11.3 Å². The van der Waals surface area contributed by atoms with Crippen molar-refractivity contribution in [1.29, 1.82) is 0 Å². The summed E-state index contributed by atoms with van der Waals surface area (Å²) < 4.78 is 1.50. The molecule has 3 aromatic rings. The first-order chi connectivity index (χ1) is 19.0. The SMILES string of the molecule is O=C1CCC(n2cc(-c3csc(CC(=O)Nc4ccc(CN5CCC[C@@H]6CCCC[C@H]65)cc4)c3)nn2)C(=O)N1. The molecule has 1 aliphatic carbocycles. The Morgan fingerprint density at radius 3 is 2.74 bits per heavy atom. The number of aromatic nitrogens is 3. The Kier molecular flexibility index (Phi) is 7.56. The molecule has 2 saturated heterocycles. The molecule has 9 nitrogen and oxygen atoms in total. The number of hydrogen-bond donors (Lipinski definition) is 2. The van der Waals surface area contributed by atoms with Crippen LogP contribution >= 0.6 is 11.3 Å². The lowest BCUT2D eigenvalue weighted by atomic mass is 9.78. The van der Waals surface area contributed by atoms with Crippen LogP contribution in [0.1, 0.15) is 67.8 Å². The number of nitrogens with one attached hydrogen (secondary N) is 2. The molecule has 1 aromatic carbocycles. The summed E-state index contributed by atoms with van der Waals surface area (Å²) in [5.41, 5.74) is 3.59. The molecule has 2 aromatic heterocycles. The van der Waals surface area contributed by atoms with E-state index in [1.807, 2.05) is 23.6 Å². The predicted molar refractivity (Wildman–Crippen MR) is 149 cm³/mol. The molecule has 0 radical (unpaired) electrons. The molecule has 1 unspecified atom stereocenters. The molecule has 1 saturated carbocycles. The summed E-state index contributed by atoms with van der Waals surface area (Å²) >= 11 is 1.49. The van der Waals surface area contributed by atoms with Crippen molar-refractivity contribution >= 4 is 34.7 Å². The summed E-state index contributed by atoms with van der Waals surface area (Å²) in [6, 6.07) is 10.4. The lowest BCUT2D eigenvalue weighted by Gasteiger charge is -2.44. The van der Waals surface area contributed by atoms with E-state index in [0.29, 0.717) is 12.1 Å². The van der Waals surface area contributed by atoms with E-state index in [1.54, 1.807) is 6.20 Å². The van der Waals surface area contributed by atoms with Crippen molar-refractivity contribution in [1.82, 2.24) is 25.2 Å². The molecule has 39 heavy (non-hydrogen) atoms. The lowest BCUT2D eigenvalue weighted by molar-refractivity contribution is -0.136. The Balaban J connectivity index is 1.02. The molecule has 0 spiro atoms. The van der Waals surface area contributed by atoms with Crippen molar-refractivity contribution in [3.63, 3.8) is 0 Å². The average Bonchev–Trinajstić information content (AvgIpc) is 3.60. The molecular weight excluding hydrogens is 512 g/mol. The lowest BCUT2D eigenvalue weighted by Crippen LogP contribution is -2.46. The highest BCUT2D eigenvalue weighted by molar-refractivity contribution is 7.10. The van der Waals surface area contributed by atoms with E-state index in [-0.39, 0.29) is 30.6 Å². The second-order valence-electron chi connectivity index (χ2n) is 11.0. The van der Waals surface area contributed by atoms with Crippen molar-refractivity contribution in [2.45, 2.75) is 76.4 Å². The van der Waals surface area contributed by atoms with Gasteiger partial charge in [-0.05, 0) is 68.3 Å². The van der Waals surface area contributed by atoms with Crippen molar-refractivity contribution in [2.24, 2.45) is 5.92 Å². The van der Waals surface area contributed by atoms with Crippen LogP contribution in [0.5, 0.6) is 0 Å². The summed E-state index contributed by atoms with van der Waals surface area (Å²) in [6.45, 7) is 2.18. The van der Waals surface area contributed by atoms with Gasteiger partial charge in [0.05, 0.1) is 12.6 Å². The van der Waals surface area contributed by atoms with Gasteiger partial charge in [-0.1, -0.05) is 30.2 Å². The summed E-state index contributed by atoms with van der Waals surface area (Å²) in [6.07, 6.45) is 10.8. The number of amides is 3. The molecule has 3 atom stereocenters. The Morgan fingerprint density at radius 1 is 1.08 bits per heavy atom. The van der Waals surface area contributed by atoms with Crippen molar-refractivity contribution in [3.05, 3.63) is 52.3 Å². The number of benzene rings is 1. The van der Waals surface area contributed by atoms with Crippen LogP contribution in [0.3, 0.4) is 0 Å². The van der Waals surface area contributed by atoms with Crippen LogP contribution in [0.2, 0.25) is 0 Å². The number of likely N-dealkylation sites (tertiary alicyclic amines) is 1. The quantitative estimate of drug-likeness (QED) is 0.427. The fourth-order valence-corrected chi connectivity index (χ4v) is 7.20. The number of piperidine rings is 2. The summed E-state index contributed by atoms with van der Waals surface area (Å²) in [4.78, 5) is 39.9. The van der Waals surface area contributed by atoms with E-state index in [1.165, 1.54) is 66.7 Å². The second kappa shape index (κ2) is 11.4. The van der Waals surface area contributed by atoms with Gasteiger partial charge in [-0.25, -0.2) is 4.68 Å². The number of imide groups is 1. The Bertz CT molecular complexity index is 1350. The first-order valence-electron chi connectivity index (χ1n) is 14.0. The maximum Gasteiger partial charge on any atom is 0.251 e. The average molecular weight is 547 g/mol. The molecule has 2 N–H and O–H groups in total. The number of thiophene rings is 1. The predicted octanol–water partition coefficient (Wildman–Crippen LogP) is 4.32. The monoisotopic (exact) mass is 546 g/mol. The maximum atomic E-state index is 12.7. The molecule has 2 aliphatic heterocycles. The summed E-state index contributed by atoms with van der Waals surface area (Å²) in [5.74, 6) is 0.191. The van der Waals surface area contributed by atoms with Crippen LogP contribution in [0, 0.1) is 5.92 Å². The van der Waals surface area contributed by atoms with Gasteiger partial charge >= 0.3 is 0 Å². The fraction of sp³-hybridized carbons (Fsp3) is 0.483. The first-order valence-corrected chi connectivity index (χ1v) is 14.9. The number of carbonyl (C=O) groups is 3. The van der Waals surface area contributed by atoms with Crippen LogP contribution in [-0.2, 0) is 27.3 Å². The van der Waals surface area contributed by atoms with Gasteiger partial charge in [0, 0.05) is 40.5 Å². The third-order valence-electron chi connectivity index (χ3n) is 8.31. The van der Waals surface area contributed by atoms with E-state index in [2.05, 4.69) is 38.0 Å². The minimum Gasteiger partial charge on any atom is -0.326 e. The highest BCUT2D eigenvalue weighted by Gasteiger charge is 2.33. The smallest absolute Gasteiger partial charge is 0.251 e. The molecule has 204 valence electrons. The molecule has 10 heteroatoms. The number of rotatable bonds is 7. The molecule has 4 heterocycles. The maximum absolute atomic E-state index is 12.7. The van der Waals surface area contributed by atoms with Crippen LogP contribution in [0.4, 0.5) is 5.69 Å². The second-order valence-corrected chi connectivity index (χ2v) is 12.0. The summed E-state index contributed by atoms with van der Waals surface area (Å²) in [5, 5.41) is 15.6. The topological polar surface area (TPSA) is 109 Å².